The molecule has 17 heavy (non-hydrogen) atoms. The zero-order valence-electron chi connectivity index (χ0n) is 8.55. The largest absolute Gasteiger partial charge is 0.396 e. The minimum absolute atomic E-state index is 0.585. The van der Waals surface area contributed by atoms with Gasteiger partial charge in [0.2, 0.25) is 0 Å². The number of nitrogens with one attached hydrogen (secondary N) is 1. The molecule has 0 aliphatic rings. The molecule has 2 aromatic rings. The van der Waals surface area contributed by atoms with Crippen LogP contribution in [0, 0.1) is 0 Å². The van der Waals surface area contributed by atoms with Crippen LogP contribution in [0.25, 0.3) is 0 Å². The number of benzene rings is 1. The molecule has 0 bridgehead atoms. The first-order valence-electron chi connectivity index (χ1n) is 4.69. The molecule has 3 N–H and O–H groups in total. The highest BCUT2D eigenvalue weighted by atomic mass is 79.9. The van der Waals surface area contributed by atoms with Crippen LogP contribution in [0.1, 0.15) is 0 Å². The molecule has 0 aliphatic heterocycles. The molecule has 1 heterocycles. The smallest absolute Gasteiger partial charge is 0.0794 e. The lowest BCUT2D eigenvalue weighted by Gasteiger charge is -2.13. The Morgan fingerprint density at radius 1 is 0.941 bits per heavy atom. The SMILES string of the molecule is Nc1cncc(Br)c1Nc1c(Br)cccc1Br. The van der Waals surface area contributed by atoms with Crippen molar-refractivity contribution in [2.24, 2.45) is 0 Å². The van der Waals surface area contributed by atoms with Gasteiger partial charge in [-0.05, 0) is 59.9 Å². The highest BCUT2D eigenvalue weighted by Gasteiger charge is 2.09. The minimum atomic E-state index is 0.585. The first kappa shape index (κ1) is 12.9. The van der Waals surface area contributed by atoms with E-state index in [2.05, 4.69) is 58.1 Å². The number of nitrogen functional groups attached to an aromatic ring is 1. The molecular formula is C11H8Br3N3. The van der Waals surface area contributed by atoms with E-state index < -0.39 is 0 Å². The van der Waals surface area contributed by atoms with E-state index in [0.29, 0.717) is 5.69 Å². The van der Waals surface area contributed by atoms with Gasteiger partial charge in [-0.2, -0.15) is 0 Å². The van der Waals surface area contributed by atoms with Gasteiger partial charge in [-0.3, -0.25) is 4.98 Å². The quantitative estimate of drug-likeness (QED) is 0.739. The molecular weight excluding hydrogens is 414 g/mol. The van der Waals surface area contributed by atoms with Crippen LogP contribution in [0.15, 0.2) is 44.0 Å². The van der Waals surface area contributed by atoms with Crippen molar-refractivity contribution in [2.75, 3.05) is 11.1 Å². The summed E-state index contributed by atoms with van der Waals surface area (Å²) in [6.45, 7) is 0. The fraction of sp³-hybridized carbons (Fsp3) is 0. The van der Waals surface area contributed by atoms with Crippen molar-refractivity contribution in [3.63, 3.8) is 0 Å². The Morgan fingerprint density at radius 2 is 1.59 bits per heavy atom. The van der Waals surface area contributed by atoms with Crippen LogP contribution < -0.4 is 11.1 Å². The summed E-state index contributed by atoms with van der Waals surface area (Å²) in [6.07, 6.45) is 3.31. The van der Waals surface area contributed by atoms with E-state index in [1.54, 1.807) is 12.4 Å². The van der Waals surface area contributed by atoms with E-state index in [0.717, 1.165) is 24.8 Å². The predicted molar refractivity (Wildman–Crippen MR) is 81.5 cm³/mol. The summed E-state index contributed by atoms with van der Waals surface area (Å²) in [7, 11) is 0. The Bertz CT molecular complexity index is 468. The number of hydrogen-bond acceptors (Lipinski definition) is 3. The molecule has 0 spiro atoms. The minimum Gasteiger partial charge on any atom is -0.396 e. The van der Waals surface area contributed by atoms with Gasteiger partial charge in [0.25, 0.3) is 0 Å². The van der Waals surface area contributed by atoms with E-state index in [9.17, 15) is 0 Å². The summed E-state index contributed by atoms with van der Waals surface area (Å²) in [4.78, 5) is 4.00. The summed E-state index contributed by atoms with van der Waals surface area (Å²) in [5.74, 6) is 0. The number of para-hydroxylation sites is 1. The van der Waals surface area contributed by atoms with Gasteiger partial charge in [0.1, 0.15) is 0 Å². The third-order valence-corrected chi connectivity index (χ3v) is 4.06. The number of rotatable bonds is 2. The fourth-order valence-electron chi connectivity index (χ4n) is 1.32. The second-order valence-electron chi connectivity index (χ2n) is 3.31. The maximum absolute atomic E-state index is 5.88. The Kier molecular flexibility index (Phi) is 4.06. The number of pyridine rings is 1. The van der Waals surface area contributed by atoms with E-state index >= 15 is 0 Å². The molecule has 1 aromatic carbocycles. The molecule has 1 aromatic heterocycles. The average molecular weight is 422 g/mol. The van der Waals surface area contributed by atoms with Crippen LogP contribution in [-0.2, 0) is 0 Å². The summed E-state index contributed by atoms with van der Waals surface area (Å²) in [5.41, 5.74) is 8.19. The Labute approximate surface area is 124 Å². The van der Waals surface area contributed by atoms with Crippen molar-refractivity contribution in [1.82, 2.24) is 4.98 Å². The maximum Gasteiger partial charge on any atom is 0.0794 e. The molecule has 0 fully saturated rings. The highest BCUT2D eigenvalue weighted by molar-refractivity contribution is 9.11. The molecule has 3 nitrogen and oxygen atoms in total. The van der Waals surface area contributed by atoms with Gasteiger partial charge in [-0.25, -0.2) is 0 Å². The molecule has 0 saturated carbocycles. The zero-order valence-corrected chi connectivity index (χ0v) is 13.3. The summed E-state index contributed by atoms with van der Waals surface area (Å²) in [5, 5.41) is 3.27. The van der Waals surface area contributed by atoms with E-state index in [-0.39, 0.29) is 0 Å². The number of halogens is 3. The zero-order chi connectivity index (χ0) is 12.4. The van der Waals surface area contributed by atoms with Crippen molar-refractivity contribution in [2.45, 2.75) is 0 Å². The lowest BCUT2D eigenvalue weighted by Crippen LogP contribution is -1.99. The number of anilines is 3. The van der Waals surface area contributed by atoms with Gasteiger partial charge < -0.3 is 11.1 Å². The van der Waals surface area contributed by atoms with E-state index in [1.165, 1.54) is 0 Å². The lowest BCUT2D eigenvalue weighted by molar-refractivity contribution is 1.31. The molecule has 6 heteroatoms. The second kappa shape index (κ2) is 5.37. The van der Waals surface area contributed by atoms with Crippen LogP contribution in [-0.4, -0.2) is 4.98 Å². The van der Waals surface area contributed by atoms with Crippen LogP contribution in [0.3, 0.4) is 0 Å². The molecule has 0 radical (unpaired) electrons. The predicted octanol–water partition coefficient (Wildman–Crippen LogP) is 4.69. The van der Waals surface area contributed by atoms with Gasteiger partial charge in [-0.1, -0.05) is 6.07 Å². The van der Waals surface area contributed by atoms with E-state index in [1.807, 2.05) is 18.2 Å². The third kappa shape index (κ3) is 2.81. The molecule has 0 amide bonds. The van der Waals surface area contributed by atoms with Crippen LogP contribution in [0.2, 0.25) is 0 Å². The molecule has 0 atom stereocenters. The molecule has 88 valence electrons. The van der Waals surface area contributed by atoms with Crippen LogP contribution in [0.5, 0.6) is 0 Å². The van der Waals surface area contributed by atoms with Gasteiger partial charge in [0.15, 0.2) is 0 Å². The summed E-state index contributed by atoms with van der Waals surface area (Å²) < 4.78 is 2.73. The van der Waals surface area contributed by atoms with Gasteiger partial charge in [0.05, 0.1) is 27.7 Å². The first-order valence-corrected chi connectivity index (χ1v) is 7.07. The standard InChI is InChI=1S/C11H8Br3N3/c12-6-2-1-3-7(13)10(6)17-11-8(14)4-16-5-9(11)15/h1-5H,15H2,(H,16,17). The van der Waals surface area contributed by atoms with Gasteiger partial charge >= 0.3 is 0 Å². The normalized spacial score (nSPS) is 10.3. The number of nitrogens with zero attached hydrogens (tertiary/aromatic N) is 1. The van der Waals surface area contributed by atoms with E-state index in [4.69, 9.17) is 5.73 Å². The van der Waals surface area contributed by atoms with Crippen molar-refractivity contribution in [1.29, 1.82) is 0 Å². The molecule has 2 rings (SSSR count). The highest BCUT2D eigenvalue weighted by Crippen LogP contribution is 2.37. The van der Waals surface area contributed by atoms with Gasteiger partial charge in [-0.15, -0.1) is 0 Å². The van der Waals surface area contributed by atoms with Crippen molar-refractivity contribution < 1.29 is 0 Å². The summed E-state index contributed by atoms with van der Waals surface area (Å²) >= 11 is 10.4. The molecule has 0 aliphatic carbocycles. The first-order chi connectivity index (χ1) is 8.09. The third-order valence-electron chi connectivity index (χ3n) is 2.14. The van der Waals surface area contributed by atoms with Crippen molar-refractivity contribution in [3.05, 3.63) is 44.0 Å². The van der Waals surface area contributed by atoms with Crippen LogP contribution >= 0.6 is 47.8 Å². The average Bonchev–Trinajstić information content (AvgIpc) is 2.27. The maximum atomic E-state index is 5.88. The Balaban J connectivity index is 2.45. The number of nitrogens with two attached hydrogens (primary N) is 1. The fourth-order valence-corrected chi connectivity index (χ4v) is 2.97. The molecule has 0 unspecified atom stereocenters. The van der Waals surface area contributed by atoms with Gasteiger partial charge in [0, 0.05) is 15.1 Å². The molecule has 0 saturated heterocycles. The Morgan fingerprint density at radius 3 is 2.18 bits per heavy atom. The second-order valence-corrected chi connectivity index (χ2v) is 5.87. The topological polar surface area (TPSA) is 50.9 Å². The van der Waals surface area contributed by atoms with Crippen LogP contribution in [0.4, 0.5) is 17.1 Å². The number of hydrogen-bond donors (Lipinski definition) is 2. The Hall–Kier alpha value is -0.590. The summed E-state index contributed by atoms with van der Waals surface area (Å²) in [6, 6.07) is 5.86. The monoisotopic (exact) mass is 419 g/mol. The lowest BCUT2D eigenvalue weighted by atomic mass is 10.3. The van der Waals surface area contributed by atoms with Crippen molar-refractivity contribution >= 4 is 64.9 Å². The number of aromatic nitrogens is 1. The van der Waals surface area contributed by atoms with Crippen molar-refractivity contribution in [3.8, 4) is 0 Å².